The molecule has 0 amide bonds. The molecule has 0 saturated heterocycles. The van der Waals surface area contributed by atoms with Gasteiger partial charge in [-0.05, 0) is 30.2 Å². The van der Waals surface area contributed by atoms with Crippen LogP contribution in [0.5, 0.6) is 0 Å². The maximum absolute atomic E-state index is 11.0. The number of nitrogens with two attached hydrogens (primary N) is 1. The molecule has 0 aliphatic heterocycles. The van der Waals surface area contributed by atoms with Gasteiger partial charge in [-0.1, -0.05) is 6.07 Å². The molecule has 0 spiro atoms. The van der Waals surface area contributed by atoms with E-state index in [0.29, 0.717) is 16.8 Å². The smallest absolute Gasteiger partial charge is 0.337 e. The predicted octanol–water partition coefficient (Wildman–Crippen LogP) is 0.145. The van der Waals surface area contributed by atoms with Gasteiger partial charge in [0.15, 0.2) is 6.10 Å². The molecule has 1 aromatic rings. The van der Waals surface area contributed by atoms with Gasteiger partial charge in [0.25, 0.3) is 0 Å². The van der Waals surface area contributed by atoms with Crippen LogP contribution in [-0.2, 0) is 9.53 Å². The summed E-state index contributed by atoms with van der Waals surface area (Å²) in [6.07, 6.45) is -2.90. The molecule has 1 aromatic carbocycles. The molecular weight excluding hydrogens is 210 g/mol. The van der Waals surface area contributed by atoms with Crippen molar-refractivity contribution in [3.63, 3.8) is 0 Å². The molecule has 2 unspecified atom stereocenters. The van der Waals surface area contributed by atoms with Gasteiger partial charge >= 0.3 is 5.97 Å². The van der Waals surface area contributed by atoms with E-state index in [1.165, 1.54) is 0 Å². The highest BCUT2D eigenvalue weighted by Gasteiger charge is 2.27. The molecule has 5 nitrogen and oxygen atoms in total. The highest BCUT2D eigenvalue weighted by molar-refractivity contribution is 5.75. The van der Waals surface area contributed by atoms with Gasteiger partial charge in [-0.25, -0.2) is 4.79 Å². The van der Waals surface area contributed by atoms with Crippen molar-refractivity contribution in [3.05, 3.63) is 29.3 Å². The molecule has 4 N–H and O–H groups in total. The van der Waals surface area contributed by atoms with Crippen molar-refractivity contribution in [2.24, 2.45) is 0 Å². The number of benzene rings is 1. The van der Waals surface area contributed by atoms with Gasteiger partial charge in [0, 0.05) is 5.69 Å². The van der Waals surface area contributed by atoms with Gasteiger partial charge in [0.05, 0.1) is 7.11 Å². The van der Waals surface area contributed by atoms with E-state index in [9.17, 15) is 15.0 Å². The third kappa shape index (κ3) is 2.50. The van der Waals surface area contributed by atoms with Crippen LogP contribution in [0.2, 0.25) is 0 Å². The molecule has 0 bridgehead atoms. The average molecular weight is 225 g/mol. The third-order valence-corrected chi connectivity index (χ3v) is 2.35. The quantitative estimate of drug-likeness (QED) is 0.503. The summed E-state index contributed by atoms with van der Waals surface area (Å²) in [6.45, 7) is 1.74. The van der Waals surface area contributed by atoms with Crippen LogP contribution in [-0.4, -0.2) is 29.4 Å². The Kier molecular flexibility index (Phi) is 3.87. The number of aliphatic hydroxyl groups excluding tert-OH is 2. The van der Waals surface area contributed by atoms with Crippen LogP contribution in [0.25, 0.3) is 0 Å². The third-order valence-electron chi connectivity index (χ3n) is 2.35. The molecule has 0 aliphatic carbocycles. The first-order chi connectivity index (χ1) is 7.47. The standard InChI is InChI=1S/C11H15NO4/c1-6-5-7(12)3-4-8(6)9(13)10(14)11(15)16-2/h3-5,9-10,13-14H,12H2,1-2H3. The summed E-state index contributed by atoms with van der Waals surface area (Å²) in [5.41, 5.74) is 7.27. The van der Waals surface area contributed by atoms with Gasteiger partial charge in [-0.3, -0.25) is 0 Å². The van der Waals surface area contributed by atoms with E-state index >= 15 is 0 Å². The lowest BCUT2D eigenvalue weighted by molar-refractivity contribution is -0.156. The molecule has 0 heterocycles. The Hall–Kier alpha value is -1.59. The number of hydrogen-bond acceptors (Lipinski definition) is 5. The normalized spacial score (nSPS) is 14.2. The van der Waals surface area contributed by atoms with Crippen LogP contribution in [0, 0.1) is 6.92 Å². The summed E-state index contributed by atoms with van der Waals surface area (Å²) in [6, 6.07) is 4.82. The SMILES string of the molecule is COC(=O)C(O)C(O)c1ccc(N)cc1C. The Morgan fingerprint density at radius 3 is 2.56 bits per heavy atom. The number of carbonyl (C=O) groups is 1. The number of esters is 1. The first kappa shape index (κ1) is 12.5. The number of aryl methyl sites for hydroxylation is 1. The molecule has 0 saturated carbocycles. The van der Waals surface area contributed by atoms with Crippen LogP contribution in [0.4, 0.5) is 5.69 Å². The number of anilines is 1. The van der Waals surface area contributed by atoms with Crippen LogP contribution >= 0.6 is 0 Å². The number of aliphatic hydroxyl groups is 2. The Morgan fingerprint density at radius 2 is 2.06 bits per heavy atom. The van der Waals surface area contributed by atoms with Crippen molar-refractivity contribution in [1.82, 2.24) is 0 Å². The van der Waals surface area contributed by atoms with E-state index in [-0.39, 0.29) is 0 Å². The largest absolute Gasteiger partial charge is 0.467 e. The average Bonchev–Trinajstić information content (AvgIpc) is 2.26. The summed E-state index contributed by atoms with van der Waals surface area (Å²) >= 11 is 0. The van der Waals surface area contributed by atoms with Crippen LogP contribution in [0.3, 0.4) is 0 Å². The Labute approximate surface area is 93.5 Å². The number of carbonyl (C=O) groups excluding carboxylic acids is 1. The molecular formula is C11H15NO4. The van der Waals surface area contributed by atoms with Crippen molar-refractivity contribution in [2.75, 3.05) is 12.8 Å². The lowest BCUT2D eigenvalue weighted by atomic mass is 9.99. The fraction of sp³-hybridized carbons (Fsp3) is 0.364. The van der Waals surface area contributed by atoms with E-state index in [1.807, 2.05) is 0 Å². The minimum Gasteiger partial charge on any atom is -0.467 e. The number of methoxy groups -OCH3 is 1. The van der Waals surface area contributed by atoms with E-state index in [0.717, 1.165) is 7.11 Å². The summed E-state index contributed by atoms with van der Waals surface area (Å²) < 4.78 is 4.34. The van der Waals surface area contributed by atoms with Crippen molar-refractivity contribution in [2.45, 2.75) is 19.1 Å². The van der Waals surface area contributed by atoms with Gasteiger partial charge in [0.2, 0.25) is 0 Å². The van der Waals surface area contributed by atoms with Gasteiger partial charge < -0.3 is 20.7 Å². The first-order valence-electron chi connectivity index (χ1n) is 4.77. The topological polar surface area (TPSA) is 92.8 Å². The number of rotatable bonds is 3. The second kappa shape index (κ2) is 4.96. The van der Waals surface area contributed by atoms with Crippen molar-refractivity contribution in [1.29, 1.82) is 0 Å². The second-order valence-corrected chi connectivity index (χ2v) is 3.53. The van der Waals surface area contributed by atoms with Gasteiger partial charge in [-0.15, -0.1) is 0 Å². The molecule has 16 heavy (non-hydrogen) atoms. The van der Waals surface area contributed by atoms with Crippen LogP contribution in [0.15, 0.2) is 18.2 Å². The Bertz CT molecular complexity index is 392. The highest BCUT2D eigenvalue weighted by Crippen LogP contribution is 2.23. The second-order valence-electron chi connectivity index (χ2n) is 3.53. The first-order valence-corrected chi connectivity index (χ1v) is 4.77. The Morgan fingerprint density at radius 1 is 1.44 bits per heavy atom. The minimum atomic E-state index is -1.59. The highest BCUT2D eigenvalue weighted by atomic mass is 16.5. The number of nitrogen functional groups attached to an aromatic ring is 1. The number of hydrogen-bond donors (Lipinski definition) is 3. The lowest BCUT2D eigenvalue weighted by Gasteiger charge is -2.18. The van der Waals surface area contributed by atoms with E-state index in [1.54, 1.807) is 25.1 Å². The van der Waals surface area contributed by atoms with Crippen molar-refractivity contribution in [3.8, 4) is 0 Å². The van der Waals surface area contributed by atoms with E-state index < -0.39 is 18.2 Å². The summed E-state index contributed by atoms with van der Waals surface area (Å²) in [7, 11) is 1.15. The molecule has 0 radical (unpaired) electrons. The summed E-state index contributed by atoms with van der Waals surface area (Å²) in [4.78, 5) is 11.0. The molecule has 2 atom stereocenters. The molecule has 0 aliphatic rings. The lowest BCUT2D eigenvalue weighted by Crippen LogP contribution is -2.29. The summed E-state index contributed by atoms with van der Waals surface area (Å²) in [5.74, 6) is -0.872. The fourth-order valence-electron chi connectivity index (χ4n) is 1.45. The maximum Gasteiger partial charge on any atom is 0.337 e. The molecule has 0 fully saturated rings. The van der Waals surface area contributed by atoms with Crippen molar-refractivity contribution >= 4 is 11.7 Å². The monoisotopic (exact) mass is 225 g/mol. The zero-order chi connectivity index (χ0) is 12.3. The maximum atomic E-state index is 11.0. The zero-order valence-electron chi connectivity index (χ0n) is 9.18. The molecule has 5 heteroatoms. The molecule has 88 valence electrons. The minimum absolute atomic E-state index is 0.451. The number of ether oxygens (including phenoxy) is 1. The van der Waals surface area contributed by atoms with Gasteiger partial charge in [0.1, 0.15) is 6.10 Å². The fourth-order valence-corrected chi connectivity index (χ4v) is 1.45. The van der Waals surface area contributed by atoms with Crippen molar-refractivity contribution < 1.29 is 19.7 Å². The Balaban J connectivity index is 2.96. The molecule has 1 rings (SSSR count). The predicted molar refractivity (Wildman–Crippen MR) is 58.6 cm³/mol. The van der Waals surface area contributed by atoms with Crippen LogP contribution < -0.4 is 5.73 Å². The van der Waals surface area contributed by atoms with Gasteiger partial charge in [-0.2, -0.15) is 0 Å². The van der Waals surface area contributed by atoms with E-state index in [2.05, 4.69) is 4.74 Å². The summed E-state index contributed by atoms with van der Waals surface area (Å²) in [5, 5.41) is 19.2. The van der Waals surface area contributed by atoms with E-state index in [4.69, 9.17) is 5.73 Å². The zero-order valence-corrected chi connectivity index (χ0v) is 9.18. The molecule has 0 aromatic heterocycles. The van der Waals surface area contributed by atoms with Crippen LogP contribution in [0.1, 0.15) is 17.2 Å².